The maximum absolute atomic E-state index is 11.7. The predicted octanol–water partition coefficient (Wildman–Crippen LogP) is 3.55. The number of hydrogen-bond donors (Lipinski definition) is 0. The fourth-order valence-corrected chi connectivity index (χ4v) is 2.01. The molecule has 26 heavy (non-hydrogen) atoms. The zero-order chi connectivity index (χ0) is 19.4. The van der Waals surface area contributed by atoms with Crippen LogP contribution in [0.3, 0.4) is 0 Å². The molecule has 0 fully saturated rings. The van der Waals surface area contributed by atoms with Crippen LogP contribution in [0.4, 0.5) is 0 Å². The molecule has 1 aromatic rings. The molecule has 0 amide bonds. The Hall–Kier alpha value is -2.76. The first-order chi connectivity index (χ1) is 12.5. The average Bonchev–Trinajstić information content (AvgIpc) is 2.64. The van der Waals surface area contributed by atoms with Gasteiger partial charge in [-0.2, -0.15) is 0 Å². The van der Waals surface area contributed by atoms with Gasteiger partial charge in [-0.1, -0.05) is 12.6 Å². The van der Waals surface area contributed by atoms with Gasteiger partial charge in [-0.05, 0) is 50.0 Å². The lowest BCUT2D eigenvalue weighted by atomic mass is 10.2. The van der Waals surface area contributed by atoms with Gasteiger partial charge >= 0.3 is 11.9 Å². The van der Waals surface area contributed by atoms with E-state index >= 15 is 0 Å². The van der Waals surface area contributed by atoms with Gasteiger partial charge in [0.05, 0.1) is 27.4 Å². The van der Waals surface area contributed by atoms with Crippen LogP contribution in [0, 0.1) is 0 Å². The second kappa shape index (κ2) is 11.7. The van der Waals surface area contributed by atoms with Gasteiger partial charge in [-0.25, -0.2) is 9.59 Å². The molecule has 0 saturated carbocycles. The van der Waals surface area contributed by atoms with Crippen LogP contribution in [0.1, 0.15) is 31.7 Å². The van der Waals surface area contributed by atoms with E-state index in [4.69, 9.17) is 18.9 Å². The summed E-state index contributed by atoms with van der Waals surface area (Å²) in [5.74, 6) is 0.432. The van der Waals surface area contributed by atoms with Crippen molar-refractivity contribution >= 4 is 18.0 Å². The smallest absolute Gasteiger partial charge is 0.333 e. The van der Waals surface area contributed by atoms with Crippen molar-refractivity contribution in [2.75, 3.05) is 27.4 Å². The van der Waals surface area contributed by atoms with Crippen molar-refractivity contribution in [3.63, 3.8) is 0 Å². The van der Waals surface area contributed by atoms with Gasteiger partial charge in [-0.15, -0.1) is 0 Å². The Balaban J connectivity index is 2.25. The third kappa shape index (κ3) is 7.88. The van der Waals surface area contributed by atoms with Crippen LogP contribution in [0.25, 0.3) is 6.08 Å². The van der Waals surface area contributed by atoms with Crippen LogP contribution in [-0.4, -0.2) is 39.4 Å². The van der Waals surface area contributed by atoms with E-state index in [9.17, 15) is 9.59 Å². The van der Waals surface area contributed by atoms with E-state index in [-0.39, 0.29) is 5.97 Å². The van der Waals surface area contributed by atoms with Crippen molar-refractivity contribution in [2.45, 2.75) is 26.2 Å². The molecule has 0 unspecified atom stereocenters. The van der Waals surface area contributed by atoms with Gasteiger partial charge in [0.15, 0.2) is 11.5 Å². The molecule has 1 rings (SSSR count). The summed E-state index contributed by atoms with van der Waals surface area (Å²) < 4.78 is 20.5. The summed E-state index contributed by atoms with van der Waals surface area (Å²) >= 11 is 0. The maximum atomic E-state index is 11.7. The predicted molar refractivity (Wildman–Crippen MR) is 99.2 cm³/mol. The number of rotatable bonds is 11. The van der Waals surface area contributed by atoms with Crippen LogP contribution in [0.2, 0.25) is 0 Å². The van der Waals surface area contributed by atoms with Crippen LogP contribution < -0.4 is 9.47 Å². The van der Waals surface area contributed by atoms with Gasteiger partial charge in [0.25, 0.3) is 0 Å². The minimum Gasteiger partial charge on any atom is -0.493 e. The Morgan fingerprint density at radius 3 is 2.27 bits per heavy atom. The number of methoxy groups -OCH3 is 2. The molecule has 0 aliphatic heterocycles. The first-order valence-electron chi connectivity index (χ1n) is 8.37. The molecule has 0 aliphatic rings. The third-order valence-corrected chi connectivity index (χ3v) is 3.43. The Bertz CT molecular complexity index is 648. The highest BCUT2D eigenvalue weighted by Crippen LogP contribution is 2.27. The first kappa shape index (κ1) is 21.3. The quantitative estimate of drug-likeness (QED) is 0.341. The minimum absolute atomic E-state index is 0.323. The van der Waals surface area contributed by atoms with Gasteiger partial charge in [0.1, 0.15) is 0 Å². The van der Waals surface area contributed by atoms with Gasteiger partial charge < -0.3 is 18.9 Å². The number of benzene rings is 1. The molecule has 0 heterocycles. The summed E-state index contributed by atoms with van der Waals surface area (Å²) in [6.07, 6.45) is 5.26. The molecule has 142 valence electrons. The first-order valence-corrected chi connectivity index (χ1v) is 8.37. The van der Waals surface area contributed by atoms with Gasteiger partial charge in [0.2, 0.25) is 0 Å². The van der Waals surface area contributed by atoms with E-state index in [1.165, 1.54) is 6.08 Å². The van der Waals surface area contributed by atoms with Crippen LogP contribution in [0.5, 0.6) is 11.5 Å². The van der Waals surface area contributed by atoms with E-state index in [0.29, 0.717) is 36.7 Å². The molecule has 6 heteroatoms. The summed E-state index contributed by atoms with van der Waals surface area (Å²) in [5, 5.41) is 0. The van der Waals surface area contributed by atoms with E-state index < -0.39 is 5.97 Å². The van der Waals surface area contributed by atoms with Crippen molar-refractivity contribution in [3.05, 3.63) is 42.0 Å². The third-order valence-electron chi connectivity index (χ3n) is 3.43. The van der Waals surface area contributed by atoms with E-state index in [1.807, 2.05) is 6.07 Å². The standard InChI is InChI=1S/C20H26O6/c1-15(2)20(22)26-13-7-5-6-12-25-19(21)11-9-16-8-10-17(23-3)18(14-16)24-4/h8-11,14H,1,5-7,12-13H2,2-4H3. The Morgan fingerprint density at radius 1 is 1.00 bits per heavy atom. The minimum atomic E-state index is -0.409. The maximum Gasteiger partial charge on any atom is 0.333 e. The Morgan fingerprint density at radius 2 is 1.65 bits per heavy atom. The fraction of sp³-hybridized carbons (Fsp3) is 0.400. The number of unbranched alkanes of at least 4 members (excludes halogenated alkanes) is 2. The molecule has 0 bridgehead atoms. The summed E-state index contributed by atoms with van der Waals surface area (Å²) in [7, 11) is 3.12. The van der Waals surface area contributed by atoms with Crippen molar-refractivity contribution < 1.29 is 28.5 Å². The Labute approximate surface area is 154 Å². The summed E-state index contributed by atoms with van der Waals surface area (Å²) in [6, 6.07) is 5.36. The van der Waals surface area contributed by atoms with E-state index in [2.05, 4.69) is 6.58 Å². The molecule has 0 radical (unpaired) electrons. The zero-order valence-electron chi connectivity index (χ0n) is 15.6. The monoisotopic (exact) mass is 362 g/mol. The van der Waals surface area contributed by atoms with Crippen LogP contribution >= 0.6 is 0 Å². The SMILES string of the molecule is C=C(C)C(=O)OCCCCCOC(=O)C=Cc1ccc(OC)c(OC)c1. The van der Waals surface area contributed by atoms with Crippen molar-refractivity contribution in [1.82, 2.24) is 0 Å². The molecule has 0 saturated heterocycles. The number of carbonyl (C=O) groups excluding carboxylic acids is 2. The van der Waals surface area contributed by atoms with Gasteiger partial charge in [-0.3, -0.25) is 0 Å². The van der Waals surface area contributed by atoms with Crippen LogP contribution in [-0.2, 0) is 19.1 Å². The van der Waals surface area contributed by atoms with E-state index in [0.717, 1.165) is 18.4 Å². The highest BCUT2D eigenvalue weighted by molar-refractivity contribution is 5.87. The molecular formula is C20H26O6. The van der Waals surface area contributed by atoms with Gasteiger partial charge in [0, 0.05) is 11.6 Å². The lowest BCUT2D eigenvalue weighted by Crippen LogP contribution is -2.07. The normalized spacial score (nSPS) is 10.4. The molecule has 0 aliphatic carbocycles. The number of esters is 2. The zero-order valence-corrected chi connectivity index (χ0v) is 15.6. The fourth-order valence-electron chi connectivity index (χ4n) is 2.01. The summed E-state index contributed by atoms with van der Waals surface area (Å²) in [5.41, 5.74) is 1.19. The molecule has 0 spiro atoms. The second-order valence-corrected chi connectivity index (χ2v) is 5.59. The van der Waals surface area contributed by atoms with Crippen LogP contribution in [0.15, 0.2) is 36.4 Å². The summed E-state index contributed by atoms with van der Waals surface area (Å²) in [6.45, 7) is 5.79. The highest BCUT2D eigenvalue weighted by Gasteiger charge is 2.04. The molecule has 1 aromatic carbocycles. The Kier molecular flexibility index (Phi) is 9.61. The largest absolute Gasteiger partial charge is 0.493 e. The lowest BCUT2D eigenvalue weighted by Gasteiger charge is -2.07. The van der Waals surface area contributed by atoms with Crippen molar-refractivity contribution in [1.29, 1.82) is 0 Å². The molecular weight excluding hydrogens is 336 g/mol. The van der Waals surface area contributed by atoms with Crippen molar-refractivity contribution in [3.8, 4) is 11.5 Å². The highest BCUT2D eigenvalue weighted by atomic mass is 16.5. The molecule has 0 aromatic heterocycles. The molecule has 0 atom stereocenters. The number of hydrogen-bond acceptors (Lipinski definition) is 6. The average molecular weight is 362 g/mol. The second-order valence-electron chi connectivity index (χ2n) is 5.59. The molecule has 0 N–H and O–H groups in total. The lowest BCUT2D eigenvalue weighted by molar-refractivity contribution is -0.139. The topological polar surface area (TPSA) is 71.1 Å². The van der Waals surface area contributed by atoms with Crippen molar-refractivity contribution in [2.24, 2.45) is 0 Å². The molecule has 6 nitrogen and oxygen atoms in total. The number of carbonyl (C=O) groups is 2. The number of ether oxygens (including phenoxy) is 4. The summed E-state index contributed by atoms with van der Waals surface area (Å²) in [4.78, 5) is 22.9. The van der Waals surface area contributed by atoms with E-state index in [1.54, 1.807) is 39.4 Å².